The second-order valence-electron chi connectivity index (χ2n) is 6.68. The maximum atomic E-state index is 12.8. The molecule has 1 aromatic rings. The van der Waals surface area contributed by atoms with Crippen molar-refractivity contribution >= 4 is 17.5 Å². The van der Waals surface area contributed by atoms with Crippen LogP contribution in [0.1, 0.15) is 43.5 Å². The molecule has 1 atom stereocenters. The molecule has 1 aromatic carbocycles. The molecule has 2 rings (SSSR count). The third kappa shape index (κ3) is 4.14. The summed E-state index contributed by atoms with van der Waals surface area (Å²) in [5.74, 6) is 0.938. The first-order chi connectivity index (χ1) is 11.4. The molecule has 0 bridgehead atoms. The molecule has 1 fully saturated rings. The number of ether oxygens (including phenoxy) is 2. The van der Waals surface area contributed by atoms with Gasteiger partial charge in [-0.15, -0.1) is 0 Å². The molecule has 1 saturated heterocycles. The second-order valence-corrected chi connectivity index (χ2v) is 7.09. The second kappa shape index (κ2) is 8.08. The number of carbonyl (C=O) groups is 1. The lowest BCUT2D eigenvalue weighted by Gasteiger charge is -2.23. The van der Waals surface area contributed by atoms with Crippen molar-refractivity contribution in [1.82, 2.24) is 4.90 Å². The van der Waals surface area contributed by atoms with Crippen LogP contribution < -0.4 is 15.2 Å². The van der Waals surface area contributed by atoms with Crippen molar-refractivity contribution in [2.45, 2.75) is 33.1 Å². The Balaban J connectivity index is 2.19. The normalized spacial score (nSPS) is 20.3. The summed E-state index contributed by atoms with van der Waals surface area (Å²) in [7, 11) is 1.55. The smallest absolute Gasteiger partial charge is 0.254 e. The average molecular weight is 355 g/mol. The lowest BCUT2D eigenvalue weighted by atomic mass is 9.90. The van der Waals surface area contributed by atoms with Gasteiger partial charge in [0.25, 0.3) is 5.91 Å². The highest BCUT2D eigenvalue weighted by atomic mass is 35.5. The molecule has 1 aliphatic rings. The quantitative estimate of drug-likeness (QED) is 0.763. The Labute approximate surface area is 149 Å². The van der Waals surface area contributed by atoms with Gasteiger partial charge in [-0.3, -0.25) is 4.79 Å². The van der Waals surface area contributed by atoms with Crippen LogP contribution in [0, 0.1) is 5.41 Å². The molecular weight excluding hydrogens is 328 g/mol. The van der Waals surface area contributed by atoms with Gasteiger partial charge in [-0.05, 0) is 36.9 Å². The molecule has 1 unspecified atom stereocenters. The average Bonchev–Trinajstić information content (AvgIpc) is 2.98. The van der Waals surface area contributed by atoms with Gasteiger partial charge in [-0.1, -0.05) is 31.9 Å². The zero-order valence-electron chi connectivity index (χ0n) is 14.7. The number of unbranched alkanes of at least 4 members (excludes halogenated alkanes) is 1. The topological polar surface area (TPSA) is 64.8 Å². The highest BCUT2D eigenvalue weighted by Crippen LogP contribution is 2.38. The number of methoxy groups -OCH3 is 1. The summed E-state index contributed by atoms with van der Waals surface area (Å²) in [6.45, 7) is 6.72. The van der Waals surface area contributed by atoms with E-state index in [-0.39, 0.29) is 11.3 Å². The summed E-state index contributed by atoms with van der Waals surface area (Å²) in [6, 6.07) is 3.36. The fourth-order valence-corrected chi connectivity index (χ4v) is 3.11. The van der Waals surface area contributed by atoms with Gasteiger partial charge in [-0.25, -0.2) is 0 Å². The van der Waals surface area contributed by atoms with E-state index in [4.69, 9.17) is 26.8 Å². The number of nitrogens with two attached hydrogens (primary N) is 1. The largest absolute Gasteiger partial charge is 0.493 e. The number of likely N-dealkylation sites (tertiary alicyclic amines) is 1. The molecule has 1 aliphatic heterocycles. The van der Waals surface area contributed by atoms with Gasteiger partial charge < -0.3 is 20.1 Å². The monoisotopic (exact) mass is 354 g/mol. The van der Waals surface area contributed by atoms with Gasteiger partial charge in [0.1, 0.15) is 0 Å². The molecule has 6 heteroatoms. The highest BCUT2D eigenvalue weighted by molar-refractivity contribution is 6.32. The molecule has 1 heterocycles. The standard InChI is InChI=1S/C18H27ClN2O3/c1-4-5-8-24-16-14(19)9-13(10-15(16)23-3)17(22)21-7-6-18(2,11-20)12-21/h9-10H,4-8,11-12,20H2,1-3H3. The molecule has 0 saturated carbocycles. The minimum Gasteiger partial charge on any atom is -0.493 e. The Bertz CT molecular complexity index is 594. The van der Waals surface area contributed by atoms with E-state index in [0.717, 1.165) is 19.3 Å². The van der Waals surface area contributed by atoms with E-state index in [0.29, 0.717) is 48.3 Å². The Hall–Kier alpha value is -1.46. The molecular formula is C18H27ClN2O3. The summed E-state index contributed by atoms with van der Waals surface area (Å²) in [5.41, 5.74) is 6.33. The fourth-order valence-electron chi connectivity index (χ4n) is 2.85. The van der Waals surface area contributed by atoms with Crippen LogP contribution in [0.2, 0.25) is 5.02 Å². The van der Waals surface area contributed by atoms with E-state index < -0.39 is 0 Å². The van der Waals surface area contributed by atoms with E-state index >= 15 is 0 Å². The zero-order chi connectivity index (χ0) is 17.7. The van der Waals surface area contributed by atoms with E-state index in [2.05, 4.69) is 13.8 Å². The summed E-state index contributed by atoms with van der Waals surface area (Å²) < 4.78 is 11.1. The molecule has 0 radical (unpaired) electrons. The Morgan fingerprint density at radius 1 is 1.46 bits per heavy atom. The van der Waals surface area contributed by atoms with E-state index in [1.165, 1.54) is 0 Å². The van der Waals surface area contributed by atoms with Crippen LogP contribution in [0.5, 0.6) is 11.5 Å². The van der Waals surface area contributed by atoms with Gasteiger partial charge >= 0.3 is 0 Å². The van der Waals surface area contributed by atoms with Crippen molar-refractivity contribution < 1.29 is 14.3 Å². The van der Waals surface area contributed by atoms with Gasteiger partial charge in [-0.2, -0.15) is 0 Å². The predicted octanol–water partition coefficient (Wildman–Crippen LogP) is 3.34. The minimum absolute atomic E-state index is 0.00720. The van der Waals surface area contributed by atoms with Gasteiger partial charge in [0.15, 0.2) is 11.5 Å². The summed E-state index contributed by atoms with van der Waals surface area (Å²) >= 11 is 6.33. The van der Waals surface area contributed by atoms with Crippen LogP contribution in [0.15, 0.2) is 12.1 Å². The van der Waals surface area contributed by atoms with Crippen molar-refractivity contribution in [3.63, 3.8) is 0 Å². The van der Waals surface area contributed by atoms with Crippen LogP contribution >= 0.6 is 11.6 Å². The third-order valence-electron chi connectivity index (χ3n) is 4.56. The highest BCUT2D eigenvalue weighted by Gasteiger charge is 2.35. The maximum absolute atomic E-state index is 12.8. The first-order valence-corrected chi connectivity index (χ1v) is 8.81. The summed E-state index contributed by atoms with van der Waals surface area (Å²) in [6.07, 6.45) is 2.88. The van der Waals surface area contributed by atoms with Crippen LogP contribution in [0.25, 0.3) is 0 Å². The van der Waals surface area contributed by atoms with Crippen LogP contribution in [-0.2, 0) is 0 Å². The zero-order valence-corrected chi connectivity index (χ0v) is 15.5. The number of amides is 1. The summed E-state index contributed by atoms with van der Waals surface area (Å²) in [4.78, 5) is 14.6. The number of rotatable bonds is 7. The molecule has 1 amide bonds. The summed E-state index contributed by atoms with van der Waals surface area (Å²) in [5, 5.41) is 0.398. The van der Waals surface area contributed by atoms with E-state index in [1.54, 1.807) is 19.2 Å². The minimum atomic E-state index is -0.0486. The van der Waals surface area contributed by atoms with Crippen molar-refractivity contribution in [3.05, 3.63) is 22.7 Å². The molecule has 24 heavy (non-hydrogen) atoms. The Morgan fingerprint density at radius 3 is 2.79 bits per heavy atom. The molecule has 5 nitrogen and oxygen atoms in total. The van der Waals surface area contributed by atoms with E-state index in [1.807, 2.05) is 4.90 Å². The number of halogens is 1. The first-order valence-electron chi connectivity index (χ1n) is 8.44. The molecule has 2 N–H and O–H groups in total. The lowest BCUT2D eigenvalue weighted by Crippen LogP contribution is -2.34. The third-order valence-corrected chi connectivity index (χ3v) is 4.84. The number of nitrogens with zero attached hydrogens (tertiary/aromatic N) is 1. The molecule has 134 valence electrons. The number of carbonyl (C=O) groups excluding carboxylic acids is 1. The van der Waals surface area contributed by atoms with Crippen LogP contribution in [-0.4, -0.2) is 44.2 Å². The first kappa shape index (κ1) is 18.9. The Kier molecular flexibility index (Phi) is 6.35. The molecule has 0 aromatic heterocycles. The van der Waals surface area contributed by atoms with Crippen molar-refractivity contribution in [2.75, 3.05) is 33.4 Å². The number of hydrogen-bond donors (Lipinski definition) is 1. The molecule has 0 aliphatic carbocycles. The predicted molar refractivity (Wildman–Crippen MR) is 96.1 cm³/mol. The fraction of sp³-hybridized carbons (Fsp3) is 0.611. The number of hydrogen-bond acceptors (Lipinski definition) is 4. The van der Waals surface area contributed by atoms with Crippen molar-refractivity contribution in [1.29, 1.82) is 0 Å². The number of benzene rings is 1. The molecule has 0 spiro atoms. The van der Waals surface area contributed by atoms with Gasteiger partial charge in [0, 0.05) is 18.7 Å². The lowest BCUT2D eigenvalue weighted by molar-refractivity contribution is 0.0776. The van der Waals surface area contributed by atoms with Crippen LogP contribution in [0.3, 0.4) is 0 Å². The van der Waals surface area contributed by atoms with Crippen molar-refractivity contribution in [2.24, 2.45) is 11.1 Å². The van der Waals surface area contributed by atoms with E-state index in [9.17, 15) is 4.79 Å². The Morgan fingerprint density at radius 2 is 2.21 bits per heavy atom. The van der Waals surface area contributed by atoms with Crippen LogP contribution in [0.4, 0.5) is 0 Å². The maximum Gasteiger partial charge on any atom is 0.254 e. The SMILES string of the molecule is CCCCOc1c(Cl)cc(C(=O)N2CCC(C)(CN)C2)cc1OC. The van der Waals surface area contributed by atoms with Gasteiger partial charge in [0.05, 0.1) is 18.7 Å². The van der Waals surface area contributed by atoms with Gasteiger partial charge in [0.2, 0.25) is 0 Å². The van der Waals surface area contributed by atoms with Crippen molar-refractivity contribution in [3.8, 4) is 11.5 Å².